The molecule has 2 aliphatic rings. The molecule has 2 aliphatic heterocycles. The molecular formula is C57H50N2O4. The molecule has 63 heavy (non-hydrogen) atoms. The lowest BCUT2D eigenvalue weighted by Gasteiger charge is -2.51. The Hall–Kier alpha value is -6.80. The normalized spacial score (nSPS) is 20.9. The SMILES string of the molecule is Cc1cccc(N(c2ccccc2)c2ccc(C3(c4ccccc4)OCC4(CO3)COC(c3ccccc3)(c3ccc(N(c5ccccc5)c5cccc(C)c5)cc3)OC4)cc2)c1. The van der Waals surface area contributed by atoms with Crippen molar-refractivity contribution in [3.8, 4) is 0 Å². The molecule has 0 unspecified atom stereocenters. The van der Waals surface area contributed by atoms with Crippen molar-refractivity contribution >= 4 is 34.1 Å². The van der Waals surface area contributed by atoms with Crippen molar-refractivity contribution in [2.24, 2.45) is 5.41 Å². The van der Waals surface area contributed by atoms with E-state index in [-0.39, 0.29) is 0 Å². The Morgan fingerprint density at radius 1 is 0.302 bits per heavy atom. The molecule has 1 spiro atoms. The van der Waals surface area contributed by atoms with E-state index in [1.165, 1.54) is 11.1 Å². The highest BCUT2D eigenvalue weighted by Crippen LogP contribution is 2.49. The van der Waals surface area contributed by atoms with Gasteiger partial charge >= 0.3 is 0 Å². The Morgan fingerprint density at radius 3 is 0.921 bits per heavy atom. The van der Waals surface area contributed by atoms with Crippen molar-refractivity contribution in [1.29, 1.82) is 0 Å². The standard InChI is InChI=1S/C57H50N2O4/c1-43-17-15-27-53(37-43)58(49-23-11-5-12-24-49)51-33-29-47(30-34-51)56(45-19-7-3-8-20-45)60-39-55(40-61-56)41-62-57(63-42-55,46-21-9-4-10-22-46)48-31-35-52(36-32-48)59(50-25-13-6-14-26-50)54-28-16-18-44(2)38-54/h3-38H,39-42H2,1-2H3. The first kappa shape index (κ1) is 40.3. The van der Waals surface area contributed by atoms with Crippen LogP contribution in [0.5, 0.6) is 0 Å². The summed E-state index contributed by atoms with van der Waals surface area (Å²) in [6.45, 7) is 5.73. The van der Waals surface area contributed by atoms with Crippen LogP contribution >= 0.6 is 0 Å². The molecule has 8 aromatic rings. The molecule has 2 fully saturated rings. The smallest absolute Gasteiger partial charge is 0.222 e. The zero-order chi connectivity index (χ0) is 42.7. The van der Waals surface area contributed by atoms with Crippen LogP contribution in [-0.4, -0.2) is 26.4 Å². The summed E-state index contributed by atoms with van der Waals surface area (Å²) in [6, 6.07) is 75.7. The van der Waals surface area contributed by atoms with Crippen LogP contribution in [-0.2, 0) is 30.5 Å². The average molecular weight is 827 g/mol. The highest BCUT2D eigenvalue weighted by Gasteiger charge is 2.53. The molecule has 0 aliphatic carbocycles. The molecule has 6 nitrogen and oxygen atoms in total. The highest BCUT2D eigenvalue weighted by atomic mass is 16.7. The van der Waals surface area contributed by atoms with Gasteiger partial charge in [-0.2, -0.15) is 0 Å². The first-order valence-electron chi connectivity index (χ1n) is 21.7. The first-order chi connectivity index (χ1) is 30.9. The van der Waals surface area contributed by atoms with E-state index < -0.39 is 17.0 Å². The number of anilines is 6. The largest absolute Gasteiger partial charge is 0.341 e. The maximum Gasteiger partial charge on any atom is 0.222 e. The Labute approximate surface area is 370 Å². The third-order valence-corrected chi connectivity index (χ3v) is 12.2. The second-order valence-electron chi connectivity index (χ2n) is 16.7. The van der Waals surface area contributed by atoms with Crippen LogP contribution in [0.1, 0.15) is 33.4 Å². The number of benzene rings is 8. The number of hydrogen-bond donors (Lipinski definition) is 0. The number of rotatable bonds is 10. The second kappa shape index (κ2) is 17.2. The van der Waals surface area contributed by atoms with Gasteiger partial charge in [-0.15, -0.1) is 0 Å². The summed E-state index contributed by atoms with van der Waals surface area (Å²) >= 11 is 0. The maximum absolute atomic E-state index is 7.03. The van der Waals surface area contributed by atoms with E-state index in [9.17, 15) is 0 Å². The van der Waals surface area contributed by atoms with Crippen LogP contribution in [0.3, 0.4) is 0 Å². The van der Waals surface area contributed by atoms with Gasteiger partial charge in [0.1, 0.15) is 0 Å². The summed E-state index contributed by atoms with van der Waals surface area (Å²) in [6.07, 6.45) is 0. The van der Waals surface area contributed by atoms with Crippen LogP contribution in [0.4, 0.5) is 34.1 Å². The fourth-order valence-corrected chi connectivity index (χ4v) is 8.91. The molecule has 0 N–H and O–H groups in total. The summed E-state index contributed by atoms with van der Waals surface area (Å²) in [7, 11) is 0. The maximum atomic E-state index is 7.03. The second-order valence-corrected chi connectivity index (χ2v) is 16.7. The molecule has 2 saturated heterocycles. The van der Waals surface area contributed by atoms with Gasteiger partial charge in [-0.1, -0.05) is 146 Å². The fraction of sp³-hybridized carbons (Fsp3) is 0.158. The number of nitrogens with zero attached hydrogens (tertiary/aromatic N) is 2. The van der Waals surface area contributed by atoms with Gasteiger partial charge in [0.15, 0.2) is 0 Å². The van der Waals surface area contributed by atoms with Gasteiger partial charge in [0.2, 0.25) is 11.6 Å². The third-order valence-electron chi connectivity index (χ3n) is 12.2. The van der Waals surface area contributed by atoms with Crippen molar-refractivity contribution in [3.63, 3.8) is 0 Å². The Kier molecular flexibility index (Phi) is 11.0. The van der Waals surface area contributed by atoms with Gasteiger partial charge < -0.3 is 28.7 Å². The molecule has 2 heterocycles. The van der Waals surface area contributed by atoms with Crippen molar-refractivity contribution in [1.82, 2.24) is 0 Å². The van der Waals surface area contributed by atoms with Crippen LogP contribution in [0.2, 0.25) is 0 Å². The van der Waals surface area contributed by atoms with Crippen LogP contribution < -0.4 is 9.80 Å². The van der Waals surface area contributed by atoms with Gasteiger partial charge in [-0.3, -0.25) is 0 Å². The zero-order valence-electron chi connectivity index (χ0n) is 35.6. The number of para-hydroxylation sites is 2. The van der Waals surface area contributed by atoms with Gasteiger partial charge in [-0.05, 0) is 97.8 Å². The van der Waals surface area contributed by atoms with Crippen molar-refractivity contribution in [3.05, 3.63) is 252 Å². The number of ether oxygens (including phenoxy) is 4. The minimum Gasteiger partial charge on any atom is -0.341 e. The molecule has 0 saturated carbocycles. The van der Waals surface area contributed by atoms with Crippen LogP contribution in [0.15, 0.2) is 218 Å². The lowest BCUT2D eigenvalue weighted by atomic mass is 9.86. The lowest BCUT2D eigenvalue weighted by Crippen LogP contribution is -2.57. The van der Waals surface area contributed by atoms with E-state index >= 15 is 0 Å². The van der Waals surface area contributed by atoms with Crippen molar-refractivity contribution in [2.75, 3.05) is 36.2 Å². The van der Waals surface area contributed by atoms with E-state index in [1.807, 2.05) is 48.5 Å². The molecule has 6 heteroatoms. The molecule has 0 radical (unpaired) electrons. The summed E-state index contributed by atoms with van der Waals surface area (Å²) in [4.78, 5) is 4.55. The summed E-state index contributed by atoms with van der Waals surface area (Å²) in [5.74, 6) is -2.25. The monoisotopic (exact) mass is 826 g/mol. The summed E-state index contributed by atoms with van der Waals surface area (Å²) in [5, 5.41) is 0. The van der Waals surface area contributed by atoms with Crippen molar-refractivity contribution in [2.45, 2.75) is 25.4 Å². The Balaban J connectivity index is 0.933. The van der Waals surface area contributed by atoms with E-state index in [2.05, 4.69) is 194 Å². The number of aryl methyl sites for hydroxylation is 2. The van der Waals surface area contributed by atoms with E-state index in [1.54, 1.807) is 0 Å². The minimum absolute atomic E-state index is 0.370. The predicted octanol–water partition coefficient (Wildman–Crippen LogP) is 13.4. The van der Waals surface area contributed by atoms with Gasteiger partial charge in [-0.25, -0.2) is 0 Å². The van der Waals surface area contributed by atoms with Crippen LogP contribution in [0, 0.1) is 19.3 Å². The fourth-order valence-electron chi connectivity index (χ4n) is 8.91. The highest BCUT2D eigenvalue weighted by molar-refractivity contribution is 5.78. The van der Waals surface area contributed by atoms with Gasteiger partial charge in [0.25, 0.3) is 0 Å². The van der Waals surface area contributed by atoms with Crippen molar-refractivity contribution < 1.29 is 18.9 Å². The molecule has 0 atom stereocenters. The molecule has 0 amide bonds. The molecule has 8 aromatic carbocycles. The molecule has 0 bridgehead atoms. The van der Waals surface area contributed by atoms with Crippen LogP contribution in [0.25, 0.3) is 0 Å². The van der Waals surface area contributed by atoms with E-state index in [4.69, 9.17) is 18.9 Å². The van der Waals surface area contributed by atoms with Gasteiger partial charge in [0, 0.05) is 56.4 Å². The topological polar surface area (TPSA) is 43.4 Å². The van der Waals surface area contributed by atoms with Gasteiger partial charge in [0.05, 0.1) is 31.8 Å². The molecule has 0 aromatic heterocycles. The Bertz CT molecular complexity index is 2550. The van der Waals surface area contributed by atoms with E-state index in [0.29, 0.717) is 26.4 Å². The molecule has 312 valence electrons. The lowest BCUT2D eigenvalue weighted by molar-refractivity contribution is -0.357. The van der Waals surface area contributed by atoms with E-state index in [0.717, 1.165) is 56.4 Å². The quantitative estimate of drug-likeness (QED) is 0.137. The number of hydrogen-bond acceptors (Lipinski definition) is 6. The third kappa shape index (κ3) is 7.84. The summed E-state index contributed by atoms with van der Waals surface area (Å²) in [5.41, 5.74) is 12.0. The molecule has 10 rings (SSSR count). The summed E-state index contributed by atoms with van der Waals surface area (Å²) < 4.78 is 28.1. The average Bonchev–Trinajstić information content (AvgIpc) is 3.34. The zero-order valence-corrected chi connectivity index (χ0v) is 35.6. The minimum atomic E-state index is -1.13. The Morgan fingerprint density at radius 2 is 0.587 bits per heavy atom. The predicted molar refractivity (Wildman–Crippen MR) is 252 cm³/mol. The first-order valence-corrected chi connectivity index (χ1v) is 21.7. The molecular weight excluding hydrogens is 777 g/mol.